The molecule has 15 heavy (non-hydrogen) atoms. The molecule has 82 valence electrons. The van der Waals surface area contributed by atoms with Crippen molar-refractivity contribution in [2.75, 3.05) is 13.1 Å². The summed E-state index contributed by atoms with van der Waals surface area (Å²) in [5.74, 6) is 1.11. The molecule has 1 heterocycles. The molecule has 2 bridgehead atoms. The molecule has 1 saturated heterocycles. The maximum Gasteiger partial charge on any atom is 0.323 e. The minimum Gasteiger partial charge on any atom is -0.480 e. The molecule has 4 atom stereocenters. The van der Waals surface area contributed by atoms with Crippen LogP contribution in [0.15, 0.2) is 0 Å². The molecule has 0 spiro atoms. The summed E-state index contributed by atoms with van der Waals surface area (Å²) < 4.78 is 0. The number of rotatable bonds is 2. The van der Waals surface area contributed by atoms with Gasteiger partial charge in [-0.05, 0) is 37.0 Å². The molecule has 0 aromatic rings. The number of hydrogen-bond donors (Lipinski definition) is 1. The Morgan fingerprint density at radius 1 is 1.40 bits per heavy atom. The van der Waals surface area contributed by atoms with Crippen molar-refractivity contribution in [3.8, 4) is 0 Å². The lowest BCUT2D eigenvalue weighted by Gasteiger charge is -2.20. The van der Waals surface area contributed by atoms with Crippen LogP contribution in [0.3, 0.4) is 0 Å². The molecule has 3 rings (SSSR count). The summed E-state index contributed by atoms with van der Waals surface area (Å²) in [6, 6.07) is 0. The zero-order valence-electron chi connectivity index (χ0n) is 8.56. The molecular formula is C11H15NO3. The van der Waals surface area contributed by atoms with Crippen LogP contribution in [0.4, 0.5) is 0 Å². The summed E-state index contributed by atoms with van der Waals surface area (Å²) in [6.45, 7) is 0.586. The second-order valence-corrected chi connectivity index (χ2v) is 5.14. The number of carboxylic acid groups (broad SMARTS) is 1. The topological polar surface area (TPSA) is 57.6 Å². The van der Waals surface area contributed by atoms with Gasteiger partial charge in [-0.1, -0.05) is 0 Å². The molecule has 3 fully saturated rings. The monoisotopic (exact) mass is 209 g/mol. The fraction of sp³-hybridized carbons (Fsp3) is 0.818. The van der Waals surface area contributed by atoms with Gasteiger partial charge in [-0.15, -0.1) is 0 Å². The molecule has 1 aliphatic heterocycles. The van der Waals surface area contributed by atoms with Crippen LogP contribution in [0, 0.1) is 23.7 Å². The number of nitrogens with zero attached hydrogens (tertiary/aromatic N) is 1. The number of amides is 1. The van der Waals surface area contributed by atoms with Gasteiger partial charge >= 0.3 is 5.97 Å². The van der Waals surface area contributed by atoms with Crippen molar-refractivity contribution in [1.82, 2.24) is 4.90 Å². The van der Waals surface area contributed by atoms with E-state index in [1.807, 2.05) is 0 Å². The van der Waals surface area contributed by atoms with Gasteiger partial charge in [0.25, 0.3) is 0 Å². The van der Waals surface area contributed by atoms with Gasteiger partial charge in [0.05, 0.1) is 0 Å². The van der Waals surface area contributed by atoms with Crippen LogP contribution in [-0.2, 0) is 9.59 Å². The van der Waals surface area contributed by atoms with Crippen LogP contribution in [-0.4, -0.2) is 35.0 Å². The number of aliphatic carboxylic acids is 1. The molecule has 4 nitrogen and oxygen atoms in total. The number of hydrogen-bond acceptors (Lipinski definition) is 2. The Morgan fingerprint density at radius 3 is 2.80 bits per heavy atom. The van der Waals surface area contributed by atoms with E-state index in [2.05, 4.69) is 0 Å². The second-order valence-electron chi connectivity index (χ2n) is 5.14. The van der Waals surface area contributed by atoms with Gasteiger partial charge in [-0.3, -0.25) is 9.59 Å². The Hall–Kier alpha value is -1.06. The number of carbonyl (C=O) groups is 2. The smallest absolute Gasteiger partial charge is 0.323 e. The van der Waals surface area contributed by atoms with E-state index in [0.717, 1.165) is 0 Å². The van der Waals surface area contributed by atoms with E-state index in [-0.39, 0.29) is 18.4 Å². The van der Waals surface area contributed by atoms with Gasteiger partial charge in [0.15, 0.2) is 0 Å². The fourth-order valence-corrected chi connectivity index (χ4v) is 3.92. The molecule has 0 aromatic heterocycles. The van der Waals surface area contributed by atoms with Crippen molar-refractivity contribution < 1.29 is 14.7 Å². The third-order valence-corrected chi connectivity index (χ3v) is 4.44. The van der Waals surface area contributed by atoms with Crippen molar-refractivity contribution >= 4 is 11.9 Å². The lowest BCUT2D eigenvalue weighted by Crippen LogP contribution is -2.33. The molecule has 3 aliphatic rings. The summed E-state index contributed by atoms with van der Waals surface area (Å²) in [5, 5.41) is 8.71. The molecule has 1 N–H and O–H groups in total. The maximum atomic E-state index is 12.0. The van der Waals surface area contributed by atoms with E-state index in [0.29, 0.717) is 24.3 Å². The normalized spacial score (nSPS) is 42.4. The molecule has 2 saturated carbocycles. The van der Waals surface area contributed by atoms with Crippen molar-refractivity contribution in [2.45, 2.75) is 19.3 Å². The van der Waals surface area contributed by atoms with Gasteiger partial charge in [-0.2, -0.15) is 0 Å². The van der Waals surface area contributed by atoms with Crippen LogP contribution in [0.25, 0.3) is 0 Å². The zero-order valence-corrected chi connectivity index (χ0v) is 8.56. The molecule has 0 aromatic carbocycles. The Kier molecular flexibility index (Phi) is 1.82. The standard InChI is InChI=1S/C11H15NO3/c13-9(14)5-12-4-8-6-1-2-7(3-6)10(8)11(12)15/h6-8,10H,1-5H2,(H,13,14). The van der Waals surface area contributed by atoms with E-state index in [1.165, 1.54) is 19.3 Å². The van der Waals surface area contributed by atoms with E-state index < -0.39 is 5.97 Å². The Balaban J connectivity index is 1.78. The average molecular weight is 209 g/mol. The fourth-order valence-electron chi connectivity index (χ4n) is 3.92. The molecule has 1 amide bonds. The highest BCUT2D eigenvalue weighted by atomic mass is 16.4. The molecule has 4 heteroatoms. The maximum absolute atomic E-state index is 12.0. The Morgan fingerprint density at radius 2 is 2.13 bits per heavy atom. The summed E-state index contributed by atoms with van der Waals surface area (Å²) >= 11 is 0. The quantitative estimate of drug-likeness (QED) is 0.723. The van der Waals surface area contributed by atoms with Gasteiger partial charge in [0.2, 0.25) is 5.91 Å². The van der Waals surface area contributed by atoms with Crippen LogP contribution < -0.4 is 0 Å². The van der Waals surface area contributed by atoms with Gasteiger partial charge in [0, 0.05) is 12.5 Å². The highest BCUT2D eigenvalue weighted by Crippen LogP contribution is 2.55. The molecule has 4 unspecified atom stereocenters. The Labute approximate surface area is 88.2 Å². The van der Waals surface area contributed by atoms with Gasteiger partial charge in [-0.25, -0.2) is 0 Å². The third kappa shape index (κ3) is 1.20. The first kappa shape index (κ1) is 9.19. The number of carbonyl (C=O) groups excluding carboxylic acids is 1. The van der Waals surface area contributed by atoms with Crippen LogP contribution in [0.1, 0.15) is 19.3 Å². The van der Waals surface area contributed by atoms with Gasteiger partial charge < -0.3 is 10.0 Å². The van der Waals surface area contributed by atoms with E-state index in [1.54, 1.807) is 4.90 Å². The summed E-state index contributed by atoms with van der Waals surface area (Å²) in [6.07, 6.45) is 3.64. The summed E-state index contributed by atoms with van der Waals surface area (Å²) in [4.78, 5) is 24.1. The number of likely N-dealkylation sites (tertiary alicyclic amines) is 1. The van der Waals surface area contributed by atoms with Crippen molar-refractivity contribution in [3.05, 3.63) is 0 Å². The molecule has 2 aliphatic carbocycles. The Bertz CT molecular complexity index is 328. The SMILES string of the molecule is O=C(O)CN1CC2C3CCC(C3)C2C1=O. The first-order valence-corrected chi connectivity index (χ1v) is 5.67. The van der Waals surface area contributed by atoms with E-state index in [9.17, 15) is 9.59 Å². The predicted molar refractivity (Wildman–Crippen MR) is 52.0 cm³/mol. The third-order valence-electron chi connectivity index (χ3n) is 4.44. The van der Waals surface area contributed by atoms with Crippen molar-refractivity contribution in [2.24, 2.45) is 23.7 Å². The highest BCUT2D eigenvalue weighted by molar-refractivity contribution is 5.86. The first-order chi connectivity index (χ1) is 7.16. The van der Waals surface area contributed by atoms with Crippen molar-refractivity contribution in [1.29, 1.82) is 0 Å². The number of carboxylic acids is 1. The second kappa shape index (κ2) is 2.97. The minimum absolute atomic E-state index is 0.106. The lowest BCUT2D eigenvalue weighted by atomic mass is 9.81. The summed E-state index contributed by atoms with van der Waals surface area (Å²) in [7, 11) is 0. The van der Waals surface area contributed by atoms with Gasteiger partial charge in [0.1, 0.15) is 6.54 Å². The van der Waals surface area contributed by atoms with Crippen LogP contribution in [0.5, 0.6) is 0 Å². The van der Waals surface area contributed by atoms with E-state index >= 15 is 0 Å². The minimum atomic E-state index is -0.893. The molecular weight excluding hydrogens is 194 g/mol. The lowest BCUT2D eigenvalue weighted by molar-refractivity contribution is -0.144. The van der Waals surface area contributed by atoms with Crippen LogP contribution >= 0.6 is 0 Å². The zero-order chi connectivity index (χ0) is 10.6. The van der Waals surface area contributed by atoms with Crippen LogP contribution in [0.2, 0.25) is 0 Å². The first-order valence-electron chi connectivity index (χ1n) is 5.67. The average Bonchev–Trinajstić information content (AvgIpc) is 2.79. The predicted octanol–water partition coefficient (Wildman–Crippen LogP) is 0.575. The summed E-state index contributed by atoms with van der Waals surface area (Å²) in [5.41, 5.74) is 0. The largest absolute Gasteiger partial charge is 0.480 e. The number of fused-ring (bicyclic) bond motifs is 5. The molecule has 0 radical (unpaired) electrons. The van der Waals surface area contributed by atoms with E-state index in [4.69, 9.17) is 5.11 Å². The highest BCUT2D eigenvalue weighted by Gasteiger charge is 2.56. The van der Waals surface area contributed by atoms with Crippen molar-refractivity contribution in [3.63, 3.8) is 0 Å².